The van der Waals surface area contributed by atoms with Crippen molar-refractivity contribution in [3.63, 3.8) is 0 Å². The molecule has 6 nitrogen and oxygen atoms in total. The first-order chi connectivity index (χ1) is 15.0. The molecular formula is C25H22N2O4. The van der Waals surface area contributed by atoms with Crippen LogP contribution in [0.2, 0.25) is 0 Å². The van der Waals surface area contributed by atoms with Crippen molar-refractivity contribution < 1.29 is 19.4 Å². The Morgan fingerprint density at radius 3 is 2.68 bits per heavy atom. The number of para-hydroxylation sites is 1. The number of methoxy groups -OCH3 is 1. The molecule has 0 spiro atoms. The van der Waals surface area contributed by atoms with Gasteiger partial charge >= 0.3 is 5.97 Å². The molecule has 0 saturated carbocycles. The third-order valence-electron chi connectivity index (χ3n) is 5.78. The predicted molar refractivity (Wildman–Crippen MR) is 116 cm³/mol. The summed E-state index contributed by atoms with van der Waals surface area (Å²) in [7, 11) is 1.36. The summed E-state index contributed by atoms with van der Waals surface area (Å²) in [5.41, 5.74) is 5.05. The zero-order valence-corrected chi connectivity index (χ0v) is 17.3. The number of phenols is 1. The first-order valence-electron chi connectivity index (χ1n) is 10.1. The Balaban J connectivity index is 1.57. The molecule has 0 aromatic heterocycles. The van der Waals surface area contributed by atoms with E-state index >= 15 is 0 Å². The first kappa shape index (κ1) is 19.2. The number of aromatic hydroxyl groups is 1. The zero-order valence-electron chi connectivity index (χ0n) is 17.3. The fourth-order valence-electron chi connectivity index (χ4n) is 4.20. The smallest absolute Gasteiger partial charge is 0.337 e. The van der Waals surface area contributed by atoms with E-state index in [9.17, 15) is 9.90 Å². The lowest BCUT2D eigenvalue weighted by molar-refractivity contribution is -0.0190. The summed E-state index contributed by atoms with van der Waals surface area (Å²) in [6.45, 7) is 2.00. The van der Waals surface area contributed by atoms with Crippen LogP contribution in [-0.4, -0.2) is 28.9 Å². The fraction of sp³-hybridized carbons (Fsp3) is 0.200. The molecule has 156 valence electrons. The van der Waals surface area contributed by atoms with Crippen molar-refractivity contribution in [3.05, 3.63) is 94.5 Å². The van der Waals surface area contributed by atoms with E-state index in [-0.39, 0.29) is 17.8 Å². The van der Waals surface area contributed by atoms with E-state index in [1.54, 1.807) is 18.2 Å². The molecule has 0 saturated heterocycles. The first-order valence-corrected chi connectivity index (χ1v) is 10.1. The Kier molecular flexibility index (Phi) is 4.62. The van der Waals surface area contributed by atoms with Gasteiger partial charge in [-0.1, -0.05) is 42.0 Å². The Hall–Kier alpha value is -3.80. The largest absolute Gasteiger partial charge is 0.507 e. The third kappa shape index (κ3) is 3.30. The molecule has 0 radical (unpaired) electrons. The minimum absolute atomic E-state index is 0.00912. The van der Waals surface area contributed by atoms with Crippen molar-refractivity contribution in [2.45, 2.75) is 25.6 Å². The fourth-order valence-corrected chi connectivity index (χ4v) is 4.20. The summed E-state index contributed by atoms with van der Waals surface area (Å²) in [6.07, 6.45) is 0.213. The standard InChI is InChI=1S/C25H22N2O4/c1-15-7-12-22(28)19(13-15)20-14-21-18-5-3-4-6-23(18)31-24(27(21)26-20)16-8-10-17(11-9-16)25(29)30-2/h3-13,21,24,28H,14H2,1-2H3/t21-,24-/m1/s1. The van der Waals surface area contributed by atoms with Crippen molar-refractivity contribution in [1.29, 1.82) is 0 Å². The number of hydrogen-bond donors (Lipinski definition) is 1. The summed E-state index contributed by atoms with van der Waals surface area (Å²) in [4.78, 5) is 11.8. The van der Waals surface area contributed by atoms with Crippen molar-refractivity contribution in [1.82, 2.24) is 5.01 Å². The van der Waals surface area contributed by atoms with E-state index < -0.39 is 6.23 Å². The van der Waals surface area contributed by atoms with Crippen molar-refractivity contribution in [2.24, 2.45) is 5.10 Å². The molecule has 6 heteroatoms. The van der Waals surface area contributed by atoms with Crippen LogP contribution < -0.4 is 4.74 Å². The molecule has 0 bridgehead atoms. The predicted octanol–water partition coefficient (Wildman–Crippen LogP) is 4.73. The van der Waals surface area contributed by atoms with Crippen LogP contribution in [0.15, 0.2) is 71.8 Å². The molecule has 0 fully saturated rings. The van der Waals surface area contributed by atoms with Crippen LogP contribution in [0.3, 0.4) is 0 Å². The van der Waals surface area contributed by atoms with Gasteiger partial charge in [-0.3, -0.25) is 0 Å². The van der Waals surface area contributed by atoms with Crippen LogP contribution in [0.4, 0.5) is 0 Å². The maximum atomic E-state index is 11.8. The Morgan fingerprint density at radius 1 is 1.13 bits per heavy atom. The number of benzene rings is 3. The highest BCUT2D eigenvalue weighted by molar-refractivity contribution is 6.04. The average molecular weight is 414 g/mol. The van der Waals surface area contributed by atoms with E-state index in [0.29, 0.717) is 12.0 Å². The molecule has 5 rings (SSSR count). The number of aryl methyl sites for hydroxylation is 1. The third-order valence-corrected chi connectivity index (χ3v) is 5.78. The van der Waals surface area contributed by atoms with Crippen LogP contribution in [0.5, 0.6) is 11.5 Å². The number of nitrogens with zero attached hydrogens (tertiary/aromatic N) is 2. The Labute approximate surface area is 180 Å². The monoisotopic (exact) mass is 414 g/mol. The molecule has 1 N–H and O–H groups in total. The van der Waals surface area contributed by atoms with E-state index in [0.717, 1.165) is 33.7 Å². The van der Waals surface area contributed by atoms with Gasteiger partial charge in [0.15, 0.2) is 0 Å². The van der Waals surface area contributed by atoms with E-state index in [4.69, 9.17) is 14.6 Å². The van der Waals surface area contributed by atoms with Gasteiger partial charge in [0, 0.05) is 23.1 Å². The molecule has 0 amide bonds. The molecular weight excluding hydrogens is 392 g/mol. The molecule has 0 aliphatic carbocycles. The zero-order chi connectivity index (χ0) is 21.5. The lowest BCUT2D eigenvalue weighted by Gasteiger charge is -2.38. The Morgan fingerprint density at radius 2 is 1.90 bits per heavy atom. The second kappa shape index (κ2) is 7.47. The number of ether oxygens (including phenoxy) is 2. The lowest BCUT2D eigenvalue weighted by Crippen LogP contribution is -2.33. The number of hydrazone groups is 1. The highest BCUT2D eigenvalue weighted by Crippen LogP contribution is 2.47. The number of esters is 1. The van der Waals surface area contributed by atoms with Gasteiger partial charge in [-0.25, -0.2) is 9.80 Å². The topological polar surface area (TPSA) is 71.4 Å². The van der Waals surface area contributed by atoms with Crippen LogP contribution >= 0.6 is 0 Å². The molecule has 2 heterocycles. The minimum Gasteiger partial charge on any atom is -0.507 e. The van der Waals surface area contributed by atoms with Crippen LogP contribution in [-0.2, 0) is 4.74 Å². The van der Waals surface area contributed by atoms with Gasteiger partial charge in [0.25, 0.3) is 0 Å². The highest BCUT2D eigenvalue weighted by atomic mass is 16.5. The van der Waals surface area contributed by atoms with Gasteiger partial charge in [-0.15, -0.1) is 0 Å². The minimum atomic E-state index is -0.448. The van der Waals surface area contributed by atoms with Crippen molar-refractivity contribution >= 4 is 11.7 Å². The summed E-state index contributed by atoms with van der Waals surface area (Å²) >= 11 is 0. The average Bonchev–Trinajstić information content (AvgIpc) is 3.25. The second-order valence-corrected chi connectivity index (χ2v) is 7.79. The summed E-state index contributed by atoms with van der Waals surface area (Å²) < 4.78 is 11.1. The highest BCUT2D eigenvalue weighted by Gasteiger charge is 2.41. The molecule has 2 atom stereocenters. The maximum Gasteiger partial charge on any atom is 0.337 e. The lowest BCUT2D eigenvalue weighted by atomic mass is 9.95. The van der Waals surface area contributed by atoms with Gasteiger partial charge in [0.05, 0.1) is 24.4 Å². The number of carbonyl (C=O) groups excluding carboxylic acids is 1. The molecule has 2 aliphatic rings. The SMILES string of the molecule is COC(=O)c1ccc([C@H]2Oc3ccccc3[C@H]3CC(c4cc(C)ccc4O)=NN32)cc1. The molecule has 2 aliphatic heterocycles. The normalized spacial score (nSPS) is 19.2. The number of carbonyl (C=O) groups is 1. The molecule has 31 heavy (non-hydrogen) atoms. The van der Waals surface area contributed by atoms with Gasteiger partial charge in [0.2, 0.25) is 6.23 Å². The van der Waals surface area contributed by atoms with Crippen molar-refractivity contribution in [3.8, 4) is 11.5 Å². The van der Waals surface area contributed by atoms with Crippen LogP contribution in [0, 0.1) is 6.92 Å². The number of hydrogen-bond acceptors (Lipinski definition) is 6. The maximum absolute atomic E-state index is 11.8. The van der Waals surface area contributed by atoms with Gasteiger partial charge < -0.3 is 14.6 Å². The van der Waals surface area contributed by atoms with Crippen molar-refractivity contribution in [2.75, 3.05) is 7.11 Å². The summed E-state index contributed by atoms with van der Waals surface area (Å²) in [5.74, 6) is 0.656. The number of phenolic OH excluding ortho intramolecular Hbond substituents is 1. The van der Waals surface area contributed by atoms with Gasteiger partial charge in [-0.2, -0.15) is 5.10 Å². The number of fused-ring (bicyclic) bond motifs is 3. The van der Waals surface area contributed by atoms with Crippen LogP contribution in [0.1, 0.15) is 51.3 Å². The number of rotatable bonds is 3. The van der Waals surface area contributed by atoms with E-state index in [1.807, 2.05) is 54.4 Å². The van der Waals surface area contributed by atoms with Crippen LogP contribution in [0.25, 0.3) is 0 Å². The van der Waals surface area contributed by atoms with E-state index in [2.05, 4.69) is 6.07 Å². The second-order valence-electron chi connectivity index (χ2n) is 7.79. The van der Waals surface area contributed by atoms with E-state index in [1.165, 1.54) is 7.11 Å². The molecule has 0 unspecified atom stereocenters. The molecule has 3 aromatic rings. The summed E-state index contributed by atoms with van der Waals surface area (Å²) in [5, 5.41) is 17.3. The summed E-state index contributed by atoms with van der Waals surface area (Å²) in [6, 6.07) is 20.7. The Bertz CT molecular complexity index is 1190. The van der Waals surface area contributed by atoms with Gasteiger partial charge in [-0.05, 0) is 37.3 Å². The quantitative estimate of drug-likeness (QED) is 0.628. The molecule has 3 aromatic carbocycles. The van der Waals surface area contributed by atoms with Gasteiger partial charge in [0.1, 0.15) is 11.5 Å².